The summed E-state index contributed by atoms with van der Waals surface area (Å²) >= 11 is 1.57. The van der Waals surface area contributed by atoms with Gasteiger partial charge >= 0.3 is 0 Å². The Labute approximate surface area is 118 Å². The summed E-state index contributed by atoms with van der Waals surface area (Å²) in [6.45, 7) is 6.09. The molecule has 0 saturated carbocycles. The van der Waals surface area contributed by atoms with Crippen LogP contribution in [0.15, 0.2) is 46.2 Å². The number of rotatable bonds is 3. The third-order valence-corrected chi connectivity index (χ3v) is 4.15. The lowest BCUT2D eigenvalue weighted by Gasteiger charge is -2.09. The van der Waals surface area contributed by atoms with Gasteiger partial charge in [0.2, 0.25) is 0 Å². The summed E-state index contributed by atoms with van der Waals surface area (Å²) in [6.07, 6.45) is 0. The zero-order chi connectivity index (χ0) is 14.0. The highest BCUT2D eigenvalue weighted by molar-refractivity contribution is 7.99. The normalized spacial score (nSPS) is 11.0. The Morgan fingerprint density at radius 2 is 1.74 bits per heavy atom. The fraction of sp³-hybridized carbons (Fsp3) is 0.250. The number of halogens is 1. The summed E-state index contributed by atoms with van der Waals surface area (Å²) in [7, 11) is 0. The zero-order valence-corrected chi connectivity index (χ0v) is 12.2. The van der Waals surface area contributed by atoms with Crippen molar-refractivity contribution >= 4 is 17.4 Å². The Kier molecular flexibility index (Phi) is 4.15. The lowest BCUT2D eigenvalue weighted by atomic mass is 10.0. The highest BCUT2D eigenvalue weighted by Gasteiger charge is 2.07. The van der Waals surface area contributed by atoms with Gasteiger partial charge in [-0.15, -0.1) is 0 Å². The second-order valence-electron chi connectivity index (χ2n) is 4.97. The first-order valence-corrected chi connectivity index (χ1v) is 7.12. The summed E-state index contributed by atoms with van der Waals surface area (Å²) in [4.78, 5) is 2.01. The smallest absolute Gasteiger partial charge is 0.128 e. The van der Waals surface area contributed by atoms with Crippen LogP contribution in [0.1, 0.15) is 30.9 Å². The molecular formula is C16H18FNS. The average Bonchev–Trinajstić information content (AvgIpc) is 2.36. The van der Waals surface area contributed by atoms with Crippen LogP contribution in [0.3, 0.4) is 0 Å². The quantitative estimate of drug-likeness (QED) is 0.798. The van der Waals surface area contributed by atoms with Crippen LogP contribution < -0.4 is 5.73 Å². The van der Waals surface area contributed by atoms with Crippen molar-refractivity contribution in [1.29, 1.82) is 0 Å². The Morgan fingerprint density at radius 1 is 1.11 bits per heavy atom. The van der Waals surface area contributed by atoms with Crippen LogP contribution in [0.25, 0.3) is 0 Å². The molecule has 0 aliphatic carbocycles. The molecule has 100 valence electrons. The van der Waals surface area contributed by atoms with Crippen LogP contribution in [0.5, 0.6) is 0 Å². The third-order valence-electron chi connectivity index (χ3n) is 3.07. The Bertz CT molecular complexity index is 576. The molecule has 0 heterocycles. The Morgan fingerprint density at radius 3 is 2.32 bits per heavy atom. The molecule has 2 aromatic rings. The fourth-order valence-electron chi connectivity index (χ4n) is 1.81. The summed E-state index contributed by atoms with van der Waals surface area (Å²) in [5, 5.41) is 0. The standard InChI is InChI=1S/C16H18FNS/c1-10(2)12-4-6-13(7-5-12)19-16-8-11(3)14(17)9-15(16)18/h4-10H,18H2,1-3H3. The maximum absolute atomic E-state index is 13.4. The number of anilines is 1. The van der Waals surface area contributed by atoms with Gasteiger partial charge in [-0.2, -0.15) is 0 Å². The van der Waals surface area contributed by atoms with E-state index in [2.05, 4.69) is 38.1 Å². The van der Waals surface area contributed by atoms with Crippen LogP contribution in [0.2, 0.25) is 0 Å². The third kappa shape index (κ3) is 3.29. The number of hydrogen-bond donors (Lipinski definition) is 1. The van der Waals surface area contributed by atoms with Crippen molar-refractivity contribution < 1.29 is 4.39 Å². The Balaban J connectivity index is 2.24. The second-order valence-corrected chi connectivity index (χ2v) is 6.08. The van der Waals surface area contributed by atoms with Gasteiger partial charge < -0.3 is 5.73 Å². The van der Waals surface area contributed by atoms with Crippen LogP contribution in [-0.2, 0) is 0 Å². The molecule has 0 aliphatic heterocycles. The second kappa shape index (κ2) is 5.66. The fourth-order valence-corrected chi connectivity index (χ4v) is 2.75. The average molecular weight is 275 g/mol. The van der Waals surface area contributed by atoms with E-state index in [1.807, 2.05) is 0 Å². The molecule has 0 saturated heterocycles. The minimum Gasteiger partial charge on any atom is -0.398 e. The van der Waals surface area contributed by atoms with Crippen molar-refractivity contribution in [3.8, 4) is 0 Å². The maximum Gasteiger partial charge on any atom is 0.128 e. The lowest BCUT2D eigenvalue weighted by molar-refractivity contribution is 0.618. The van der Waals surface area contributed by atoms with Gasteiger partial charge in [-0.25, -0.2) is 4.39 Å². The topological polar surface area (TPSA) is 26.0 Å². The minimum absolute atomic E-state index is 0.253. The van der Waals surface area contributed by atoms with Gasteiger partial charge in [0.15, 0.2) is 0 Å². The molecule has 0 bridgehead atoms. The van der Waals surface area contributed by atoms with Gasteiger partial charge in [-0.1, -0.05) is 37.7 Å². The first kappa shape index (κ1) is 13.9. The molecule has 2 N–H and O–H groups in total. The minimum atomic E-state index is -0.253. The first-order valence-electron chi connectivity index (χ1n) is 6.31. The van der Waals surface area contributed by atoms with Crippen molar-refractivity contribution in [2.75, 3.05) is 5.73 Å². The number of aryl methyl sites for hydroxylation is 1. The molecule has 19 heavy (non-hydrogen) atoms. The van der Waals surface area contributed by atoms with E-state index in [1.54, 1.807) is 24.8 Å². The van der Waals surface area contributed by atoms with Crippen LogP contribution in [-0.4, -0.2) is 0 Å². The number of nitrogen functional groups attached to an aromatic ring is 1. The maximum atomic E-state index is 13.4. The van der Waals surface area contributed by atoms with E-state index in [0.29, 0.717) is 17.2 Å². The van der Waals surface area contributed by atoms with Crippen molar-refractivity contribution in [2.24, 2.45) is 0 Å². The molecule has 0 amide bonds. The van der Waals surface area contributed by atoms with E-state index in [-0.39, 0.29) is 5.82 Å². The van der Waals surface area contributed by atoms with Gasteiger partial charge in [0, 0.05) is 15.5 Å². The summed E-state index contributed by atoms with van der Waals surface area (Å²) in [6, 6.07) is 11.6. The van der Waals surface area contributed by atoms with E-state index >= 15 is 0 Å². The SMILES string of the molecule is Cc1cc(Sc2ccc(C(C)C)cc2)c(N)cc1F. The van der Waals surface area contributed by atoms with Crippen LogP contribution in [0, 0.1) is 12.7 Å². The van der Waals surface area contributed by atoms with E-state index in [4.69, 9.17) is 5.73 Å². The monoisotopic (exact) mass is 275 g/mol. The van der Waals surface area contributed by atoms with Gasteiger partial charge in [-0.3, -0.25) is 0 Å². The molecule has 0 aromatic heterocycles. The molecule has 0 fully saturated rings. The molecule has 0 atom stereocenters. The molecular weight excluding hydrogens is 257 g/mol. The predicted molar refractivity (Wildman–Crippen MR) is 80.2 cm³/mol. The number of benzene rings is 2. The van der Waals surface area contributed by atoms with Gasteiger partial charge in [0.05, 0.1) is 0 Å². The molecule has 0 unspecified atom stereocenters. The van der Waals surface area contributed by atoms with Gasteiger partial charge in [-0.05, 0) is 48.2 Å². The number of nitrogens with two attached hydrogens (primary N) is 1. The molecule has 2 rings (SSSR count). The zero-order valence-electron chi connectivity index (χ0n) is 11.4. The van der Waals surface area contributed by atoms with Crippen LogP contribution >= 0.6 is 11.8 Å². The summed E-state index contributed by atoms with van der Waals surface area (Å²) in [5.74, 6) is 0.272. The Hall–Kier alpha value is -1.48. The molecule has 1 nitrogen and oxygen atoms in total. The van der Waals surface area contributed by atoms with Crippen molar-refractivity contribution in [1.82, 2.24) is 0 Å². The molecule has 3 heteroatoms. The van der Waals surface area contributed by atoms with Crippen LogP contribution in [0.4, 0.5) is 10.1 Å². The number of hydrogen-bond acceptors (Lipinski definition) is 2. The van der Waals surface area contributed by atoms with E-state index < -0.39 is 0 Å². The molecule has 0 spiro atoms. The highest BCUT2D eigenvalue weighted by atomic mass is 32.2. The van der Waals surface area contributed by atoms with Gasteiger partial charge in [0.25, 0.3) is 0 Å². The van der Waals surface area contributed by atoms with Crippen molar-refractivity contribution in [3.05, 3.63) is 53.3 Å². The first-order chi connectivity index (χ1) is 8.97. The van der Waals surface area contributed by atoms with E-state index in [0.717, 1.165) is 9.79 Å². The van der Waals surface area contributed by atoms with Gasteiger partial charge in [0.1, 0.15) is 5.82 Å². The van der Waals surface area contributed by atoms with Crippen molar-refractivity contribution in [3.63, 3.8) is 0 Å². The van der Waals surface area contributed by atoms with E-state index in [1.165, 1.54) is 11.6 Å². The summed E-state index contributed by atoms with van der Waals surface area (Å²) in [5.41, 5.74) is 8.28. The van der Waals surface area contributed by atoms with Crippen molar-refractivity contribution in [2.45, 2.75) is 36.5 Å². The predicted octanol–water partition coefficient (Wildman–Crippen LogP) is 4.99. The molecule has 0 aliphatic rings. The molecule has 0 radical (unpaired) electrons. The van der Waals surface area contributed by atoms with E-state index in [9.17, 15) is 4.39 Å². The highest BCUT2D eigenvalue weighted by Crippen LogP contribution is 2.34. The molecule has 2 aromatic carbocycles. The lowest BCUT2D eigenvalue weighted by Crippen LogP contribution is -1.93. The largest absolute Gasteiger partial charge is 0.398 e. The summed E-state index contributed by atoms with van der Waals surface area (Å²) < 4.78 is 13.4.